The molecule has 2 heterocycles. The quantitative estimate of drug-likeness (QED) is 0.736. The van der Waals surface area contributed by atoms with Crippen LogP contribution >= 0.6 is 0 Å². The second-order valence-corrected chi connectivity index (χ2v) is 8.07. The molecular weight excluding hydrogens is 360 g/mol. The van der Waals surface area contributed by atoms with E-state index in [9.17, 15) is 4.79 Å². The Morgan fingerprint density at radius 2 is 2.10 bits per heavy atom. The highest BCUT2D eigenvalue weighted by Gasteiger charge is 2.34. The predicted molar refractivity (Wildman–Crippen MR) is 115 cm³/mol. The summed E-state index contributed by atoms with van der Waals surface area (Å²) in [6.07, 6.45) is 10.7. The minimum absolute atomic E-state index is 0.200. The summed E-state index contributed by atoms with van der Waals surface area (Å²) in [5, 5.41) is 10.9. The Balaban J connectivity index is 1.51. The van der Waals surface area contributed by atoms with E-state index in [1.54, 1.807) is 19.3 Å². The summed E-state index contributed by atoms with van der Waals surface area (Å²) < 4.78 is 0. The summed E-state index contributed by atoms with van der Waals surface area (Å²) in [7, 11) is 1.80. The van der Waals surface area contributed by atoms with Gasteiger partial charge in [-0.15, -0.1) is 0 Å². The number of fused-ring (bicyclic) bond motifs is 1. The van der Waals surface area contributed by atoms with Crippen LogP contribution in [0.2, 0.25) is 0 Å². The molecule has 5 heteroatoms. The maximum atomic E-state index is 13.0. The fourth-order valence-electron chi connectivity index (χ4n) is 4.41. The van der Waals surface area contributed by atoms with E-state index in [0.717, 1.165) is 36.9 Å². The second-order valence-electron chi connectivity index (χ2n) is 8.07. The fraction of sp³-hybridized carbons (Fsp3) is 0.375. The zero-order valence-corrected chi connectivity index (χ0v) is 17.2. The topological polar surface area (TPSA) is 69.1 Å². The maximum Gasteiger partial charge on any atom is 0.254 e. The Bertz CT molecular complexity index is 956. The normalized spacial score (nSPS) is 16.6. The van der Waals surface area contributed by atoms with Crippen molar-refractivity contribution in [1.29, 1.82) is 5.41 Å². The highest BCUT2D eigenvalue weighted by atomic mass is 16.2. The Kier molecular flexibility index (Phi) is 5.47. The molecule has 0 radical (unpaired) electrons. The van der Waals surface area contributed by atoms with Crippen molar-refractivity contribution in [3.8, 4) is 0 Å². The van der Waals surface area contributed by atoms with Crippen molar-refractivity contribution < 1.29 is 4.79 Å². The lowest BCUT2D eigenvalue weighted by molar-refractivity contribution is 0.0707. The number of aromatic nitrogens is 1. The molecule has 0 spiro atoms. The van der Waals surface area contributed by atoms with Gasteiger partial charge < -0.3 is 10.2 Å². The molecule has 4 rings (SSSR count). The third-order valence-electron chi connectivity index (χ3n) is 6.07. The van der Waals surface area contributed by atoms with Crippen LogP contribution in [0.25, 0.3) is 0 Å². The molecule has 2 N–H and O–H groups in total. The van der Waals surface area contributed by atoms with Crippen LogP contribution in [-0.4, -0.2) is 34.6 Å². The first-order valence-electron chi connectivity index (χ1n) is 10.4. The van der Waals surface area contributed by atoms with Gasteiger partial charge in [0, 0.05) is 31.4 Å². The number of nitrogens with zero attached hydrogens (tertiary/aromatic N) is 2. The monoisotopic (exact) mass is 388 g/mol. The number of carbonyl (C=O) groups is 1. The van der Waals surface area contributed by atoms with Gasteiger partial charge in [0.2, 0.25) is 0 Å². The number of rotatable bonds is 6. The lowest BCUT2D eigenvalue weighted by Gasteiger charge is -2.23. The first kappa shape index (κ1) is 19.4. The molecule has 1 fully saturated rings. The number of benzene rings is 1. The molecule has 1 aliphatic carbocycles. The third-order valence-corrected chi connectivity index (χ3v) is 6.07. The van der Waals surface area contributed by atoms with E-state index in [1.807, 2.05) is 18.3 Å². The number of allylic oxidation sites excluding steroid dienone is 1. The van der Waals surface area contributed by atoms with Gasteiger partial charge in [-0.1, -0.05) is 25.0 Å². The Morgan fingerprint density at radius 3 is 2.79 bits per heavy atom. The van der Waals surface area contributed by atoms with Crippen LogP contribution in [0.3, 0.4) is 0 Å². The van der Waals surface area contributed by atoms with Crippen LogP contribution in [0.1, 0.15) is 64.0 Å². The SMILES string of the molecule is CN/C=C\C(=N)c1ccc(Cc2cc3c(cc2C)CN(C2CCCC2)C3=O)cn1. The molecule has 1 amide bonds. The van der Waals surface area contributed by atoms with E-state index < -0.39 is 0 Å². The van der Waals surface area contributed by atoms with Gasteiger partial charge in [0.1, 0.15) is 0 Å². The van der Waals surface area contributed by atoms with Gasteiger partial charge in [0.15, 0.2) is 0 Å². The van der Waals surface area contributed by atoms with Crippen molar-refractivity contribution in [1.82, 2.24) is 15.2 Å². The average Bonchev–Trinajstić information content (AvgIpc) is 3.36. The van der Waals surface area contributed by atoms with E-state index >= 15 is 0 Å². The molecule has 5 nitrogen and oxygen atoms in total. The van der Waals surface area contributed by atoms with Gasteiger partial charge >= 0.3 is 0 Å². The van der Waals surface area contributed by atoms with Crippen LogP contribution < -0.4 is 5.32 Å². The summed E-state index contributed by atoms with van der Waals surface area (Å²) in [6, 6.07) is 8.60. The molecule has 1 aromatic carbocycles. The van der Waals surface area contributed by atoms with Crippen molar-refractivity contribution in [2.24, 2.45) is 0 Å². The minimum Gasteiger partial charge on any atom is -0.394 e. The minimum atomic E-state index is 0.200. The van der Waals surface area contributed by atoms with Crippen LogP contribution in [0.4, 0.5) is 0 Å². The number of amides is 1. The van der Waals surface area contributed by atoms with Gasteiger partial charge in [-0.2, -0.15) is 0 Å². The van der Waals surface area contributed by atoms with Crippen molar-refractivity contribution in [3.05, 3.63) is 76.2 Å². The number of hydrogen-bond donors (Lipinski definition) is 2. The third kappa shape index (κ3) is 3.95. The smallest absolute Gasteiger partial charge is 0.254 e. The zero-order valence-electron chi connectivity index (χ0n) is 17.2. The molecule has 29 heavy (non-hydrogen) atoms. The highest BCUT2D eigenvalue weighted by molar-refractivity contribution is 6.04. The molecule has 1 aromatic heterocycles. The van der Waals surface area contributed by atoms with E-state index in [2.05, 4.69) is 34.3 Å². The fourth-order valence-corrected chi connectivity index (χ4v) is 4.41. The maximum absolute atomic E-state index is 13.0. The predicted octanol–water partition coefficient (Wildman–Crippen LogP) is 3.98. The molecule has 0 unspecified atom stereocenters. The van der Waals surface area contributed by atoms with Crippen LogP contribution in [-0.2, 0) is 13.0 Å². The molecule has 1 saturated carbocycles. The molecule has 2 aliphatic rings. The van der Waals surface area contributed by atoms with Gasteiger partial charge in [-0.3, -0.25) is 15.2 Å². The van der Waals surface area contributed by atoms with Crippen LogP contribution in [0, 0.1) is 12.3 Å². The summed E-state index contributed by atoms with van der Waals surface area (Å²) in [5.41, 5.74) is 6.54. The van der Waals surface area contributed by atoms with E-state index in [-0.39, 0.29) is 5.91 Å². The summed E-state index contributed by atoms with van der Waals surface area (Å²) >= 11 is 0. The first-order valence-corrected chi connectivity index (χ1v) is 10.4. The van der Waals surface area contributed by atoms with Crippen LogP contribution in [0.15, 0.2) is 42.7 Å². The Labute approximate surface area is 172 Å². The standard InChI is InChI=1S/C24H28N4O/c1-16-11-19-15-28(20-5-3-4-6-20)24(29)21(19)13-18(16)12-17-7-8-23(27-14-17)22(25)9-10-26-2/h7-11,13-14,20,25-26H,3-6,12,15H2,1-2H3/b10-9-,25-22?. The Morgan fingerprint density at radius 1 is 1.31 bits per heavy atom. The van der Waals surface area contributed by atoms with Gasteiger partial charge in [-0.05, 0) is 72.8 Å². The number of nitrogens with one attached hydrogen (secondary N) is 2. The summed E-state index contributed by atoms with van der Waals surface area (Å²) in [5.74, 6) is 0.200. The number of hydrogen-bond acceptors (Lipinski definition) is 4. The summed E-state index contributed by atoms with van der Waals surface area (Å²) in [4.78, 5) is 19.5. The summed E-state index contributed by atoms with van der Waals surface area (Å²) in [6.45, 7) is 2.89. The highest BCUT2D eigenvalue weighted by Crippen LogP contribution is 2.33. The Hall–Kier alpha value is -2.95. The molecule has 1 aliphatic heterocycles. The molecule has 0 atom stereocenters. The average molecular weight is 389 g/mol. The van der Waals surface area contributed by atoms with Gasteiger partial charge in [0.05, 0.1) is 11.4 Å². The van der Waals surface area contributed by atoms with Gasteiger partial charge in [-0.25, -0.2) is 0 Å². The van der Waals surface area contributed by atoms with E-state index in [1.165, 1.54) is 29.5 Å². The van der Waals surface area contributed by atoms with Crippen LogP contribution in [0.5, 0.6) is 0 Å². The number of pyridine rings is 1. The number of aryl methyl sites for hydroxylation is 1. The van der Waals surface area contributed by atoms with E-state index in [4.69, 9.17) is 5.41 Å². The molecule has 0 saturated heterocycles. The molecule has 150 valence electrons. The van der Waals surface area contributed by atoms with Gasteiger partial charge in [0.25, 0.3) is 5.91 Å². The lowest BCUT2D eigenvalue weighted by atomic mass is 9.96. The zero-order chi connectivity index (χ0) is 20.4. The largest absolute Gasteiger partial charge is 0.394 e. The molecule has 0 bridgehead atoms. The molecule has 2 aromatic rings. The lowest BCUT2D eigenvalue weighted by Crippen LogP contribution is -2.33. The number of carbonyl (C=O) groups excluding carboxylic acids is 1. The first-order chi connectivity index (χ1) is 14.1. The second kappa shape index (κ2) is 8.19. The van der Waals surface area contributed by atoms with Crippen molar-refractivity contribution >= 4 is 11.6 Å². The molecular formula is C24H28N4O. The van der Waals surface area contributed by atoms with E-state index in [0.29, 0.717) is 17.4 Å². The van der Waals surface area contributed by atoms with Crippen molar-refractivity contribution in [3.63, 3.8) is 0 Å². The van der Waals surface area contributed by atoms with Crippen molar-refractivity contribution in [2.75, 3.05) is 7.05 Å². The van der Waals surface area contributed by atoms with Crippen molar-refractivity contribution in [2.45, 2.75) is 51.6 Å².